The number of pyridine rings is 1. The van der Waals surface area contributed by atoms with Crippen molar-refractivity contribution < 1.29 is 9.53 Å². The first-order valence-corrected chi connectivity index (χ1v) is 4.40. The molecule has 0 fully saturated rings. The Labute approximate surface area is 80.7 Å². The van der Waals surface area contributed by atoms with Gasteiger partial charge in [0.1, 0.15) is 5.15 Å². The number of halogens is 1. The Morgan fingerprint density at radius 3 is 3.15 bits per heavy atom. The SMILES string of the molecule is C[C@@H]1COC(=O)c2ccc(Cl)nc21. The summed E-state index contributed by atoms with van der Waals surface area (Å²) in [6, 6.07) is 3.25. The van der Waals surface area contributed by atoms with Crippen LogP contribution in [0.25, 0.3) is 0 Å². The van der Waals surface area contributed by atoms with E-state index in [1.807, 2.05) is 6.92 Å². The second kappa shape index (κ2) is 3.00. The molecule has 0 saturated carbocycles. The van der Waals surface area contributed by atoms with Crippen LogP contribution in [0.1, 0.15) is 28.9 Å². The molecular formula is C9H8ClNO2. The Hall–Kier alpha value is -1.09. The summed E-state index contributed by atoms with van der Waals surface area (Å²) in [5, 5.41) is 0.417. The number of aromatic nitrogens is 1. The third-order valence-electron chi connectivity index (χ3n) is 2.04. The van der Waals surface area contributed by atoms with Gasteiger partial charge in [-0.1, -0.05) is 18.5 Å². The molecule has 2 rings (SSSR count). The summed E-state index contributed by atoms with van der Waals surface area (Å²) in [6.07, 6.45) is 0. The van der Waals surface area contributed by atoms with E-state index >= 15 is 0 Å². The van der Waals surface area contributed by atoms with Gasteiger partial charge < -0.3 is 4.74 Å². The van der Waals surface area contributed by atoms with Gasteiger partial charge in [0.15, 0.2) is 0 Å². The number of ether oxygens (including phenoxy) is 1. The van der Waals surface area contributed by atoms with E-state index in [1.165, 1.54) is 0 Å². The van der Waals surface area contributed by atoms with E-state index in [9.17, 15) is 4.79 Å². The number of hydrogen-bond acceptors (Lipinski definition) is 3. The van der Waals surface area contributed by atoms with Crippen LogP contribution in [0.15, 0.2) is 12.1 Å². The number of carbonyl (C=O) groups excluding carboxylic acids is 1. The van der Waals surface area contributed by atoms with Crippen LogP contribution >= 0.6 is 11.6 Å². The number of esters is 1. The van der Waals surface area contributed by atoms with Crippen molar-refractivity contribution in [3.8, 4) is 0 Å². The summed E-state index contributed by atoms with van der Waals surface area (Å²) in [4.78, 5) is 15.3. The highest BCUT2D eigenvalue weighted by Crippen LogP contribution is 2.25. The topological polar surface area (TPSA) is 39.2 Å². The number of fused-ring (bicyclic) bond motifs is 1. The Balaban J connectivity index is 2.57. The first kappa shape index (κ1) is 8.51. The van der Waals surface area contributed by atoms with E-state index in [0.29, 0.717) is 17.3 Å². The normalized spacial score (nSPS) is 20.8. The minimum Gasteiger partial charge on any atom is -0.461 e. The van der Waals surface area contributed by atoms with Crippen molar-refractivity contribution >= 4 is 17.6 Å². The highest BCUT2D eigenvalue weighted by Gasteiger charge is 2.25. The van der Waals surface area contributed by atoms with Crippen LogP contribution in [0.4, 0.5) is 0 Å². The van der Waals surface area contributed by atoms with Crippen molar-refractivity contribution in [2.45, 2.75) is 12.8 Å². The molecule has 0 spiro atoms. The molecule has 0 saturated heterocycles. The lowest BCUT2D eigenvalue weighted by molar-refractivity contribution is 0.0445. The maximum Gasteiger partial charge on any atom is 0.340 e. The predicted molar refractivity (Wildman–Crippen MR) is 47.9 cm³/mol. The number of nitrogens with zero attached hydrogens (tertiary/aromatic N) is 1. The zero-order valence-electron chi connectivity index (χ0n) is 7.08. The van der Waals surface area contributed by atoms with Gasteiger partial charge in [-0.05, 0) is 12.1 Å². The maximum absolute atomic E-state index is 11.2. The lowest BCUT2D eigenvalue weighted by atomic mass is 10.0. The molecule has 0 radical (unpaired) electrons. The van der Waals surface area contributed by atoms with Crippen LogP contribution in [0.2, 0.25) is 5.15 Å². The Morgan fingerprint density at radius 1 is 1.62 bits per heavy atom. The molecule has 1 aliphatic rings. The van der Waals surface area contributed by atoms with Crippen LogP contribution in [0.3, 0.4) is 0 Å². The van der Waals surface area contributed by atoms with Gasteiger partial charge in [0, 0.05) is 5.92 Å². The number of hydrogen-bond donors (Lipinski definition) is 0. The van der Waals surface area contributed by atoms with Crippen molar-refractivity contribution in [1.82, 2.24) is 4.98 Å². The smallest absolute Gasteiger partial charge is 0.340 e. The Bertz CT molecular complexity index is 365. The van der Waals surface area contributed by atoms with E-state index in [0.717, 1.165) is 5.69 Å². The zero-order valence-corrected chi connectivity index (χ0v) is 7.84. The molecular weight excluding hydrogens is 190 g/mol. The third kappa shape index (κ3) is 1.40. The van der Waals surface area contributed by atoms with E-state index in [4.69, 9.17) is 16.3 Å². The van der Waals surface area contributed by atoms with Gasteiger partial charge in [-0.25, -0.2) is 9.78 Å². The van der Waals surface area contributed by atoms with Gasteiger partial charge in [-0.15, -0.1) is 0 Å². The molecule has 0 aliphatic carbocycles. The molecule has 2 heterocycles. The fourth-order valence-electron chi connectivity index (χ4n) is 1.36. The molecule has 13 heavy (non-hydrogen) atoms. The first-order valence-electron chi connectivity index (χ1n) is 4.02. The summed E-state index contributed by atoms with van der Waals surface area (Å²) in [5.41, 5.74) is 1.27. The highest BCUT2D eigenvalue weighted by atomic mass is 35.5. The Kier molecular flexibility index (Phi) is 1.96. The van der Waals surface area contributed by atoms with Gasteiger partial charge in [0.2, 0.25) is 0 Å². The lowest BCUT2D eigenvalue weighted by Crippen LogP contribution is -2.22. The van der Waals surface area contributed by atoms with E-state index < -0.39 is 0 Å². The van der Waals surface area contributed by atoms with Crippen molar-refractivity contribution in [2.75, 3.05) is 6.61 Å². The summed E-state index contributed by atoms with van der Waals surface area (Å²) >= 11 is 5.73. The molecule has 1 aromatic heterocycles. The van der Waals surface area contributed by atoms with E-state index in [1.54, 1.807) is 12.1 Å². The molecule has 68 valence electrons. The van der Waals surface area contributed by atoms with Crippen molar-refractivity contribution in [2.24, 2.45) is 0 Å². The van der Waals surface area contributed by atoms with Crippen molar-refractivity contribution in [1.29, 1.82) is 0 Å². The standard InChI is InChI=1S/C9H8ClNO2/c1-5-4-13-9(12)6-2-3-7(10)11-8(5)6/h2-3,5H,4H2,1H3/t5-/m1/s1. The summed E-state index contributed by atoms with van der Waals surface area (Å²) in [5.74, 6) is -0.177. The number of carbonyl (C=O) groups is 1. The average Bonchev–Trinajstić information content (AvgIpc) is 2.12. The molecule has 1 aromatic rings. The van der Waals surface area contributed by atoms with Crippen LogP contribution in [0.5, 0.6) is 0 Å². The minimum atomic E-state index is -0.308. The highest BCUT2D eigenvalue weighted by molar-refractivity contribution is 6.29. The van der Waals surface area contributed by atoms with Gasteiger partial charge in [0.05, 0.1) is 17.9 Å². The van der Waals surface area contributed by atoms with E-state index in [-0.39, 0.29) is 11.9 Å². The number of cyclic esters (lactones) is 1. The van der Waals surface area contributed by atoms with Gasteiger partial charge in [-0.2, -0.15) is 0 Å². The second-order valence-corrected chi connectivity index (χ2v) is 3.45. The second-order valence-electron chi connectivity index (χ2n) is 3.07. The van der Waals surface area contributed by atoms with Crippen molar-refractivity contribution in [3.63, 3.8) is 0 Å². The molecule has 0 N–H and O–H groups in total. The van der Waals surface area contributed by atoms with Crippen LogP contribution in [-0.2, 0) is 4.74 Å². The summed E-state index contributed by atoms with van der Waals surface area (Å²) in [7, 11) is 0. The molecule has 0 bridgehead atoms. The van der Waals surface area contributed by atoms with Gasteiger partial charge in [0.25, 0.3) is 0 Å². The Morgan fingerprint density at radius 2 is 2.38 bits per heavy atom. The average molecular weight is 198 g/mol. The largest absolute Gasteiger partial charge is 0.461 e. The summed E-state index contributed by atoms with van der Waals surface area (Å²) in [6.45, 7) is 2.34. The molecule has 0 aromatic carbocycles. The monoisotopic (exact) mass is 197 g/mol. The predicted octanol–water partition coefficient (Wildman–Crippen LogP) is 2.01. The van der Waals surface area contributed by atoms with Gasteiger partial charge >= 0.3 is 5.97 Å². The van der Waals surface area contributed by atoms with Crippen molar-refractivity contribution in [3.05, 3.63) is 28.5 Å². The molecule has 1 aliphatic heterocycles. The quantitative estimate of drug-likeness (QED) is 0.472. The maximum atomic E-state index is 11.2. The lowest BCUT2D eigenvalue weighted by Gasteiger charge is -2.20. The van der Waals surface area contributed by atoms with Gasteiger partial charge in [-0.3, -0.25) is 0 Å². The van der Waals surface area contributed by atoms with Crippen LogP contribution in [0, 0.1) is 0 Å². The van der Waals surface area contributed by atoms with Crippen LogP contribution in [-0.4, -0.2) is 17.6 Å². The summed E-state index contributed by atoms with van der Waals surface area (Å²) < 4.78 is 4.93. The zero-order chi connectivity index (χ0) is 9.42. The molecule has 1 atom stereocenters. The fraction of sp³-hybridized carbons (Fsp3) is 0.333. The molecule has 3 nitrogen and oxygen atoms in total. The fourth-order valence-corrected chi connectivity index (χ4v) is 1.51. The molecule has 0 unspecified atom stereocenters. The molecule has 4 heteroatoms. The number of rotatable bonds is 0. The van der Waals surface area contributed by atoms with Crippen LogP contribution < -0.4 is 0 Å². The molecule has 0 amide bonds. The van der Waals surface area contributed by atoms with E-state index in [2.05, 4.69) is 4.98 Å². The third-order valence-corrected chi connectivity index (χ3v) is 2.25. The first-order chi connectivity index (χ1) is 6.18. The minimum absolute atomic E-state index is 0.131.